The number of nitrogens with one attached hydrogen (secondary N) is 2. The number of carbonyl (C=O) groups excluding carboxylic acids is 1. The standard InChI is InChI=1S/C10H18N4O/c1-3-4-5-6-7-9(15)12-10-11-8(2)13-14-10/h3-7H2,1-2H3,(H2,11,12,13,14,15). The van der Waals surface area contributed by atoms with Crippen LogP contribution in [0, 0.1) is 6.92 Å². The Kier molecular flexibility index (Phi) is 4.80. The van der Waals surface area contributed by atoms with Crippen molar-refractivity contribution in [2.75, 3.05) is 5.32 Å². The van der Waals surface area contributed by atoms with E-state index in [0.29, 0.717) is 18.2 Å². The Bertz CT molecular complexity index is 308. The Balaban J connectivity index is 2.18. The van der Waals surface area contributed by atoms with E-state index >= 15 is 0 Å². The number of aryl methyl sites for hydroxylation is 1. The lowest BCUT2D eigenvalue weighted by atomic mass is 10.1. The van der Waals surface area contributed by atoms with Crippen LogP contribution in [0.3, 0.4) is 0 Å². The maximum Gasteiger partial charge on any atom is 0.248 e. The van der Waals surface area contributed by atoms with Gasteiger partial charge in [-0.3, -0.25) is 15.2 Å². The van der Waals surface area contributed by atoms with E-state index in [0.717, 1.165) is 12.8 Å². The van der Waals surface area contributed by atoms with E-state index < -0.39 is 0 Å². The summed E-state index contributed by atoms with van der Waals surface area (Å²) in [6.45, 7) is 3.94. The molecular formula is C10H18N4O. The fourth-order valence-corrected chi connectivity index (χ4v) is 1.30. The van der Waals surface area contributed by atoms with Crippen LogP contribution < -0.4 is 5.32 Å². The van der Waals surface area contributed by atoms with E-state index in [-0.39, 0.29) is 5.91 Å². The minimum absolute atomic E-state index is 0.00916. The van der Waals surface area contributed by atoms with Crippen molar-refractivity contribution in [1.82, 2.24) is 15.2 Å². The number of hydrogen-bond donors (Lipinski definition) is 2. The first-order valence-electron chi connectivity index (χ1n) is 5.41. The summed E-state index contributed by atoms with van der Waals surface area (Å²) in [6, 6.07) is 0. The van der Waals surface area contributed by atoms with Crippen LogP contribution in [0.25, 0.3) is 0 Å². The molecule has 5 heteroatoms. The van der Waals surface area contributed by atoms with Crippen molar-refractivity contribution < 1.29 is 4.79 Å². The topological polar surface area (TPSA) is 70.7 Å². The van der Waals surface area contributed by atoms with Crippen LogP contribution in [-0.2, 0) is 4.79 Å². The molecule has 0 saturated carbocycles. The minimum Gasteiger partial charge on any atom is -0.293 e. The number of rotatable bonds is 6. The second-order valence-corrected chi connectivity index (χ2v) is 3.60. The number of carbonyl (C=O) groups is 1. The van der Waals surface area contributed by atoms with E-state index in [1.807, 2.05) is 0 Å². The van der Waals surface area contributed by atoms with Crippen LogP contribution in [0.5, 0.6) is 0 Å². The summed E-state index contributed by atoms with van der Waals surface area (Å²) < 4.78 is 0. The molecule has 15 heavy (non-hydrogen) atoms. The molecular weight excluding hydrogens is 192 g/mol. The Morgan fingerprint density at radius 2 is 2.20 bits per heavy atom. The lowest BCUT2D eigenvalue weighted by Gasteiger charge is -2.00. The van der Waals surface area contributed by atoms with Crippen molar-refractivity contribution in [3.05, 3.63) is 5.82 Å². The third-order valence-corrected chi connectivity index (χ3v) is 2.11. The zero-order chi connectivity index (χ0) is 11.1. The number of hydrogen-bond acceptors (Lipinski definition) is 3. The van der Waals surface area contributed by atoms with E-state index in [4.69, 9.17) is 0 Å². The van der Waals surface area contributed by atoms with Gasteiger partial charge < -0.3 is 0 Å². The van der Waals surface area contributed by atoms with Gasteiger partial charge in [0.25, 0.3) is 0 Å². The van der Waals surface area contributed by atoms with Gasteiger partial charge in [-0.25, -0.2) is 0 Å². The number of aromatic amines is 1. The Hall–Kier alpha value is -1.39. The highest BCUT2D eigenvalue weighted by Gasteiger charge is 2.05. The summed E-state index contributed by atoms with van der Waals surface area (Å²) in [5.74, 6) is 1.06. The summed E-state index contributed by atoms with van der Waals surface area (Å²) in [6.07, 6.45) is 4.96. The summed E-state index contributed by atoms with van der Waals surface area (Å²) in [4.78, 5) is 15.4. The number of aromatic nitrogens is 3. The molecule has 0 fully saturated rings. The summed E-state index contributed by atoms with van der Waals surface area (Å²) in [5, 5.41) is 9.15. The fourth-order valence-electron chi connectivity index (χ4n) is 1.30. The molecule has 0 radical (unpaired) electrons. The van der Waals surface area contributed by atoms with Gasteiger partial charge in [-0.05, 0) is 13.3 Å². The van der Waals surface area contributed by atoms with E-state index in [1.54, 1.807) is 6.92 Å². The molecule has 0 unspecified atom stereocenters. The van der Waals surface area contributed by atoms with Crippen molar-refractivity contribution in [1.29, 1.82) is 0 Å². The highest BCUT2D eigenvalue weighted by molar-refractivity contribution is 5.88. The SMILES string of the molecule is CCCCCCC(=O)Nc1n[nH]c(C)n1. The first-order chi connectivity index (χ1) is 7.22. The normalized spacial score (nSPS) is 10.3. The highest BCUT2D eigenvalue weighted by atomic mass is 16.1. The minimum atomic E-state index is -0.00916. The van der Waals surface area contributed by atoms with Gasteiger partial charge in [0.15, 0.2) is 0 Å². The molecule has 0 bridgehead atoms. The first kappa shape index (κ1) is 11.7. The van der Waals surface area contributed by atoms with Crippen LogP contribution in [-0.4, -0.2) is 21.1 Å². The van der Waals surface area contributed by atoms with Crippen LogP contribution >= 0.6 is 0 Å². The molecule has 1 aromatic heterocycles. The lowest BCUT2D eigenvalue weighted by molar-refractivity contribution is -0.116. The quantitative estimate of drug-likeness (QED) is 0.706. The number of amides is 1. The van der Waals surface area contributed by atoms with Crippen LogP contribution in [0.15, 0.2) is 0 Å². The number of anilines is 1. The van der Waals surface area contributed by atoms with Crippen molar-refractivity contribution in [3.8, 4) is 0 Å². The monoisotopic (exact) mass is 210 g/mol. The molecule has 1 rings (SSSR count). The summed E-state index contributed by atoms with van der Waals surface area (Å²) in [5.41, 5.74) is 0. The van der Waals surface area contributed by atoms with Gasteiger partial charge in [0.1, 0.15) is 5.82 Å². The molecule has 1 aromatic rings. The Labute approximate surface area is 89.7 Å². The van der Waals surface area contributed by atoms with Crippen LogP contribution in [0.1, 0.15) is 44.9 Å². The molecule has 0 aromatic carbocycles. The van der Waals surface area contributed by atoms with Crippen LogP contribution in [0.2, 0.25) is 0 Å². The molecule has 0 spiro atoms. The molecule has 0 saturated heterocycles. The van der Waals surface area contributed by atoms with Gasteiger partial charge in [0.05, 0.1) is 0 Å². The largest absolute Gasteiger partial charge is 0.293 e. The second kappa shape index (κ2) is 6.16. The Morgan fingerprint density at radius 1 is 1.40 bits per heavy atom. The average molecular weight is 210 g/mol. The predicted molar refractivity (Wildman–Crippen MR) is 58.5 cm³/mol. The van der Waals surface area contributed by atoms with Gasteiger partial charge in [-0.2, -0.15) is 4.98 Å². The maximum atomic E-state index is 11.4. The van der Waals surface area contributed by atoms with Gasteiger partial charge in [0.2, 0.25) is 11.9 Å². The number of nitrogens with zero attached hydrogens (tertiary/aromatic N) is 2. The van der Waals surface area contributed by atoms with E-state index in [1.165, 1.54) is 12.8 Å². The number of H-pyrrole nitrogens is 1. The van der Waals surface area contributed by atoms with E-state index in [2.05, 4.69) is 27.4 Å². The Morgan fingerprint density at radius 3 is 2.80 bits per heavy atom. The van der Waals surface area contributed by atoms with Gasteiger partial charge in [-0.15, -0.1) is 5.10 Å². The second-order valence-electron chi connectivity index (χ2n) is 3.60. The molecule has 84 valence electrons. The van der Waals surface area contributed by atoms with Gasteiger partial charge in [-0.1, -0.05) is 26.2 Å². The first-order valence-corrected chi connectivity index (χ1v) is 5.41. The maximum absolute atomic E-state index is 11.4. The molecule has 0 aliphatic carbocycles. The molecule has 0 atom stereocenters. The molecule has 0 aliphatic heterocycles. The average Bonchev–Trinajstić information content (AvgIpc) is 2.59. The van der Waals surface area contributed by atoms with Gasteiger partial charge >= 0.3 is 0 Å². The third kappa shape index (κ3) is 4.58. The summed E-state index contributed by atoms with van der Waals surface area (Å²) in [7, 11) is 0. The smallest absolute Gasteiger partial charge is 0.248 e. The van der Waals surface area contributed by atoms with Crippen molar-refractivity contribution in [2.24, 2.45) is 0 Å². The zero-order valence-electron chi connectivity index (χ0n) is 9.34. The van der Waals surface area contributed by atoms with Crippen molar-refractivity contribution >= 4 is 11.9 Å². The van der Waals surface area contributed by atoms with Crippen molar-refractivity contribution in [2.45, 2.75) is 46.0 Å². The van der Waals surface area contributed by atoms with Crippen molar-refractivity contribution in [3.63, 3.8) is 0 Å². The predicted octanol–water partition coefficient (Wildman–Crippen LogP) is 2.02. The highest BCUT2D eigenvalue weighted by Crippen LogP contribution is 2.04. The molecule has 2 N–H and O–H groups in total. The third-order valence-electron chi connectivity index (χ3n) is 2.11. The number of unbranched alkanes of at least 4 members (excludes halogenated alkanes) is 3. The fraction of sp³-hybridized carbons (Fsp3) is 0.700. The molecule has 1 amide bonds. The zero-order valence-corrected chi connectivity index (χ0v) is 9.34. The molecule has 0 aliphatic rings. The van der Waals surface area contributed by atoms with Gasteiger partial charge in [0, 0.05) is 6.42 Å². The lowest BCUT2D eigenvalue weighted by Crippen LogP contribution is -2.12. The molecule has 5 nitrogen and oxygen atoms in total. The van der Waals surface area contributed by atoms with Crippen LogP contribution in [0.4, 0.5) is 5.95 Å². The van der Waals surface area contributed by atoms with E-state index in [9.17, 15) is 4.79 Å². The summed E-state index contributed by atoms with van der Waals surface area (Å²) >= 11 is 0. The molecule has 1 heterocycles.